The van der Waals surface area contributed by atoms with Crippen LogP contribution in [0.2, 0.25) is 0 Å². The molecule has 2 aromatic carbocycles. The SMILES string of the molecule is COC(=O)CC1c2cc(OC)c(OC)cc2CCN1C(=O)Nc1ccc(C)cc1. The van der Waals surface area contributed by atoms with Crippen molar-refractivity contribution in [2.75, 3.05) is 33.2 Å². The second-order valence-electron chi connectivity index (χ2n) is 6.94. The number of hydrogen-bond donors (Lipinski definition) is 1. The summed E-state index contributed by atoms with van der Waals surface area (Å²) in [4.78, 5) is 26.8. The fourth-order valence-electron chi connectivity index (χ4n) is 3.56. The highest BCUT2D eigenvalue weighted by molar-refractivity contribution is 5.90. The van der Waals surface area contributed by atoms with E-state index in [1.54, 1.807) is 19.1 Å². The van der Waals surface area contributed by atoms with E-state index in [9.17, 15) is 9.59 Å². The molecule has 3 rings (SSSR count). The summed E-state index contributed by atoms with van der Waals surface area (Å²) in [5.74, 6) is 0.799. The van der Waals surface area contributed by atoms with Gasteiger partial charge in [0.05, 0.1) is 33.8 Å². The summed E-state index contributed by atoms with van der Waals surface area (Å²) in [6.45, 7) is 2.46. The number of nitrogens with zero attached hydrogens (tertiary/aromatic N) is 1. The largest absolute Gasteiger partial charge is 0.493 e. The highest BCUT2D eigenvalue weighted by Gasteiger charge is 2.34. The van der Waals surface area contributed by atoms with Crippen LogP contribution in [0.5, 0.6) is 11.5 Å². The smallest absolute Gasteiger partial charge is 0.322 e. The summed E-state index contributed by atoms with van der Waals surface area (Å²) in [7, 11) is 4.49. The lowest BCUT2D eigenvalue weighted by Crippen LogP contribution is -2.43. The van der Waals surface area contributed by atoms with Crippen LogP contribution in [0.3, 0.4) is 0 Å². The molecule has 1 aliphatic rings. The number of anilines is 1. The van der Waals surface area contributed by atoms with Crippen molar-refractivity contribution in [2.45, 2.75) is 25.8 Å². The Morgan fingerprint density at radius 1 is 1.07 bits per heavy atom. The average Bonchev–Trinajstić information content (AvgIpc) is 2.74. The molecule has 0 spiro atoms. The van der Waals surface area contributed by atoms with Crippen molar-refractivity contribution in [3.63, 3.8) is 0 Å². The number of carbonyl (C=O) groups is 2. The Morgan fingerprint density at radius 3 is 2.34 bits per heavy atom. The van der Waals surface area contributed by atoms with Gasteiger partial charge >= 0.3 is 12.0 Å². The molecule has 0 fully saturated rings. The molecule has 0 radical (unpaired) electrons. The quantitative estimate of drug-likeness (QED) is 0.777. The number of amides is 2. The van der Waals surface area contributed by atoms with Crippen molar-refractivity contribution in [1.29, 1.82) is 0 Å². The van der Waals surface area contributed by atoms with E-state index < -0.39 is 6.04 Å². The third kappa shape index (κ3) is 4.45. The van der Waals surface area contributed by atoms with E-state index in [0.29, 0.717) is 30.2 Å². The second-order valence-corrected chi connectivity index (χ2v) is 6.94. The van der Waals surface area contributed by atoms with Gasteiger partial charge in [0.25, 0.3) is 0 Å². The molecule has 0 bridgehead atoms. The lowest BCUT2D eigenvalue weighted by Gasteiger charge is -2.37. The molecule has 1 aliphatic heterocycles. The number of fused-ring (bicyclic) bond motifs is 1. The summed E-state index contributed by atoms with van der Waals surface area (Å²) < 4.78 is 15.7. The maximum Gasteiger partial charge on any atom is 0.322 e. The second kappa shape index (κ2) is 8.86. The molecular formula is C22H26N2O5. The van der Waals surface area contributed by atoms with Crippen LogP contribution in [0.1, 0.15) is 29.2 Å². The van der Waals surface area contributed by atoms with Crippen LogP contribution in [-0.2, 0) is 16.0 Å². The van der Waals surface area contributed by atoms with Gasteiger partial charge in [-0.25, -0.2) is 4.79 Å². The highest BCUT2D eigenvalue weighted by Crippen LogP contribution is 2.39. The van der Waals surface area contributed by atoms with E-state index in [-0.39, 0.29) is 18.4 Å². The number of nitrogens with one attached hydrogen (secondary N) is 1. The summed E-state index contributed by atoms with van der Waals surface area (Å²) in [6.07, 6.45) is 0.703. The molecule has 7 nitrogen and oxygen atoms in total. The molecule has 0 aromatic heterocycles. The average molecular weight is 398 g/mol. The number of ether oxygens (including phenoxy) is 3. The van der Waals surface area contributed by atoms with Crippen LogP contribution in [0.25, 0.3) is 0 Å². The molecule has 1 heterocycles. The zero-order valence-electron chi connectivity index (χ0n) is 17.2. The van der Waals surface area contributed by atoms with Crippen LogP contribution < -0.4 is 14.8 Å². The lowest BCUT2D eigenvalue weighted by molar-refractivity contribution is -0.141. The van der Waals surface area contributed by atoms with Crippen molar-refractivity contribution in [2.24, 2.45) is 0 Å². The number of methoxy groups -OCH3 is 3. The van der Waals surface area contributed by atoms with Crippen LogP contribution >= 0.6 is 0 Å². The van der Waals surface area contributed by atoms with Gasteiger partial charge in [0.15, 0.2) is 11.5 Å². The predicted octanol–water partition coefficient (Wildman–Crippen LogP) is 3.71. The van der Waals surface area contributed by atoms with Gasteiger partial charge in [0.1, 0.15) is 0 Å². The molecule has 2 aromatic rings. The molecule has 7 heteroatoms. The van der Waals surface area contributed by atoms with Gasteiger partial charge in [-0.3, -0.25) is 4.79 Å². The summed E-state index contributed by atoms with van der Waals surface area (Å²) in [5, 5.41) is 2.92. The molecule has 0 saturated carbocycles. The highest BCUT2D eigenvalue weighted by atomic mass is 16.5. The zero-order chi connectivity index (χ0) is 21.0. The Hall–Kier alpha value is -3.22. The van der Waals surface area contributed by atoms with Crippen molar-refractivity contribution < 1.29 is 23.8 Å². The molecule has 29 heavy (non-hydrogen) atoms. The number of rotatable bonds is 5. The number of aryl methyl sites for hydroxylation is 1. The Kier molecular flexibility index (Phi) is 6.26. The normalized spacial score (nSPS) is 15.3. The maximum atomic E-state index is 13.0. The first-order valence-corrected chi connectivity index (χ1v) is 9.42. The van der Waals surface area contributed by atoms with Crippen molar-refractivity contribution in [1.82, 2.24) is 4.90 Å². The maximum absolute atomic E-state index is 13.0. The standard InChI is InChI=1S/C22H26N2O5/c1-14-5-7-16(8-6-14)23-22(26)24-10-9-15-11-19(27-2)20(28-3)12-17(15)18(24)13-21(25)29-4/h5-8,11-12,18H,9-10,13H2,1-4H3,(H,23,26). The minimum atomic E-state index is -0.462. The lowest BCUT2D eigenvalue weighted by atomic mass is 9.90. The van der Waals surface area contributed by atoms with E-state index in [1.807, 2.05) is 43.3 Å². The topological polar surface area (TPSA) is 77.1 Å². The molecule has 0 aliphatic carbocycles. The van der Waals surface area contributed by atoms with E-state index >= 15 is 0 Å². The van der Waals surface area contributed by atoms with Crippen LogP contribution in [0.4, 0.5) is 10.5 Å². The number of urea groups is 1. The van der Waals surface area contributed by atoms with Crippen molar-refractivity contribution >= 4 is 17.7 Å². The number of carbonyl (C=O) groups excluding carboxylic acids is 2. The third-order valence-electron chi connectivity index (χ3n) is 5.15. The van der Waals surface area contributed by atoms with Gasteiger partial charge in [-0.05, 0) is 48.7 Å². The van der Waals surface area contributed by atoms with Crippen LogP contribution in [0.15, 0.2) is 36.4 Å². The number of benzene rings is 2. The van der Waals surface area contributed by atoms with Gasteiger partial charge in [0, 0.05) is 12.2 Å². The summed E-state index contributed by atoms with van der Waals surface area (Å²) in [5.41, 5.74) is 3.70. The molecule has 1 unspecified atom stereocenters. The van der Waals surface area contributed by atoms with Gasteiger partial charge in [-0.15, -0.1) is 0 Å². The minimum Gasteiger partial charge on any atom is -0.493 e. The number of hydrogen-bond acceptors (Lipinski definition) is 5. The molecule has 2 amide bonds. The van der Waals surface area contributed by atoms with Gasteiger partial charge < -0.3 is 24.4 Å². The zero-order valence-corrected chi connectivity index (χ0v) is 17.2. The Morgan fingerprint density at radius 2 is 1.72 bits per heavy atom. The van der Waals surface area contributed by atoms with E-state index in [1.165, 1.54) is 7.11 Å². The fourth-order valence-corrected chi connectivity index (χ4v) is 3.56. The first-order chi connectivity index (χ1) is 14.0. The summed E-state index contributed by atoms with van der Waals surface area (Å²) >= 11 is 0. The molecular weight excluding hydrogens is 372 g/mol. The van der Waals surface area contributed by atoms with Gasteiger partial charge in [-0.2, -0.15) is 0 Å². The van der Waals surface area contributed by atoms with Crippen LogP contribution in [0, 0.1) is 6.92 Å². The Bertz CT molecular complexity index is 895. The summed E-state index contributed by atoms with van der Waals surface area (Å²) in [6, 6.07) is 10.6. The van der Waals surface area contributed by atoms with Crippen LogP contribution in [-0.4, -0.2) is 44.8 Å². The van der Waals surface area contributed by atoms with Crippen molar-refractivity contribution in [3.8, 4) is 11.5 Å². The fraction of sp³-hybridized carbons (Fsp3) is 0.364. The first kappa shape index (κ1) is 20.5. The minimum absolute atomic E-state index is 0.0559. The molecule has 1 atom stereocenters. The number of esters is 1. The monoisotopic (exact) mass is 398 g/mol. The van der Waals surface area contributed by atoms with E-state index in [2.05, 4.69) is 5.32 Å². The first-order valence-electron chi connectivity index (χ1n) is 9.42. The van der Waals surface area contributed by atoms with Gasteiger partial charge in [-0.1, -0.05) is 17.7 Å². The Balaban J connectivity index is 1.93. The third-order valence-corrected chi connectivity index (χ3v) is 5.15. The van der Waals surface area contributed by atoms with E-state index in [4.69, 9.17) is 14.2 Å². The Labute approximate surface area is 170 Å². The van der Waals surface area contributed by atoms with Crippen molar-refractivity contribution in [3.05, 3.63) is 53.1 Å². The molecule has 0 saturated heterocycles. The van der Waals surface area contributed by atoms with Gasteiger partial charge in [0.2, 0.25) is 0 Å². The predicted molar refractivity (Wildman–Crippen MR) is 110 cm³/mol. The van der Waals surface area contributed by atoms with E-state index in [0.717, 1.165) is 16.7 Å². The molecule has 154 valence electrons. The molecule has 1 N–H and O–H groups in total.